The summed E-state index contributed by atoms with van der Waals surface area (Å²) in [6.45, 7) is 9.47. The van der Waals surface area contributed by atoms with Gasteiger partial charge in [-0.3, -0.25) is 9.59 Å². The number of carbonyl (C=O) groups is 2. The second-order valence-electron chi connectivity index (χ2n) is 8.07. The largest absolute Gasteiger partial charge is 0.481 e. The van der Waals surface area contributed by atoms with Gasteiger partial charge in [-0.1, -0.05) is 25.1 Å². The van der Waals surface area contributed by atoms with E-state index in [0.717, 1.165) is 37.1 Å². The lowest BCUT2D eigenvalue weighted by molar-refractivity contribution is -0.122. The third-order valence-corrected chi connectivity index (χ3v) is 5.46. The summed E-state index contributed by atoms with van der Waals surface area (Å²) in [5, 5.41) is 2.87. The topological polar surface area (TPSA) is 58.6 Å². The summed E-state index contributed by atoms with van der Waals surface area (Å²) in [6.07, 6.45) is 1.42. The van der Waals surface area contributed by atoms with Crippen LogP contribution in [-0.4, -0.2) is 35.9 Å². The molecule has 1 unspecified atom stereocenters. The lowest BCUT2D eigenvalue weighted by Crippen LogP contribution is -2.38. The molecule has 0 aliphatic carbocycles. The van der Waals surface area contributed by atoms with Crippen LogP contribution in [-0.2, 0) is 4.79 Å². The molecule has 1 N–H and O–H groups in total. The molecule has 2 amide bonds. The Bertz CT molecular complexity index is 885. The van der Waals surface area contributed by atoms with E-state index in [-0.39, 0.29) is 11.8 Å². The standard InChI is InChI=1S/C24H30N2O3/c1-16-10-12-26(13-11-16)24(28)20-6-5-7-21(15-20)25-23(27)19(4)29-22-14-17(2)8-9-18(22)3/h5-9,14-16,19H,10-13H2,1-4H3,(H,25,27). The van der Waals surface area contributed by atoms with E-state index >= 15 is 0 Å². The molecule has 1 heterocycles. The minimum atomic E-state index is -0.654. The molecule has 1 aliphatic rings. The van der Waals surface area contributed by atoms with E-state index in [1.165, 1.54) is 0 Å². The molecule has 0 spiro atoms. The van der Waals surface area contributed by atoms with Crippen LogP contribution in [0.15, 0.2) is 42.5 Å². The lowest BCUT2D eigenvalue weighted by atomic mass is 9.98. The molecule has 1 saturated heterocycles. The number of amides is 2. The highest BCUT2D eigenvalue weighted by atomic mass is 16.5. The molecular weight excluding hydrogens is 364 g/mol. The van der Waals surface area contributed by atoms with E-state index in [9.17, 15) is 9.59 Å². The lowest BCUT2D eigenvalue weighted by Gasteiger charge is -2.30. The van der Waals surface area contributed by atoms with Gasteiger partial charge in [0.15, 0.2) is 6.10 Å². The molecule has 2 aromatic rings. The third-order valence-electron chi connectivity index (χ3n) is 5.46. The number of benzene rings is 2. The first-order valence-electron chi connectivity index (χ1n) is 10.3. The van der Waals surface area contributed by atoms with Crippen LogP contribution in [0.25, 0.3) is 0 Å². The fourth-order valence-corrected chi connectivity index (χ4v) is 3.45. The van der Waals surface area contributed by atoms with Gasteiger partial charge in [-0.2, -0.15) is 0 Å². The van der Waals surface area contributed by atoms with Crippen LogP contribution in [0.5, 0.6) is 5.75 Å². The number of aryl methyl sites for hydroxylation is 2. The van der Waals surface area contributed by atoms with Crippen LogP contribution < -0.4 is 10.1 Å². The third kappa shape index (κ3) is 5.37. The second kappa shape index (κ2) is 9.12. The average molecular weight is 395 g/mol. The molecule has 2 aromatic carbocycles. The summed E-state index contributed by atoms with van der Waals surface area (Å²) >= 11 is 0. The molecule has 3 rings (SSSR count). The Morgan fingerprint density at radius 2 is 1.83 bits per heavy atom. The maximum Gasteiger partial charge on any atom is 0.265 e. The molecule has 1 fully saturated rings. The Labute approximate surface area is 173 Å². The number of hydrogen-bond donors (Lipinski definition) is 1. The fourth-order valence-electron chi connectivity index (χ4n) is 3.45. The first-order valence-corrected chi connectivity index (χ1v) is 10.3. The number of likely N-dealkylation sites (tertiary alicyclic amines) is 1. The molecule has 29 heavy (non-hydrogen) atoms. The summed E-state index contributed by atoms with van der Waals surface area (Å²) < 4.78 is 5.86. The highest BCUT2D eigenvalue weighted by Crippen LogP contribution is 2.22. The molecule has 1 aliphatic heterocycles. The summed E-state index contributed by atoms with van der Waals surface area (Å²) in [4.78, 5) is 27.3. The van der Waals surface area contributed by atoms with Crippen molar-refractivity contribution < 1.29 is 14.3 Å². The average Bonchev–Trinajstić information content (AvgIpc) is 2.71. The molecule has 0 radical (unpaired) electrons. The summed E-state index contributed by atoms with van der Waals surface area (Å²) in [6, 6.07) is 13.0. The predicted molar refractivity (Wildman–Crippen MR) is 115 cm³/mol. The Morgan fingerprint density at radius 3 is 2.55 bits per heavy atom. The predicted octanol–water partition coefficient (Wildman–Crippen LogP) is 4.58. The van der Waals surface area contributed by atoms with Gasteiger partial charge < -0.3 is 15.0 Å². The molecule has 0 aromatic heterocycles. The van der Waals surface area contributed by atoms with E-state index in [1.807, 2.05) is 36.9 Å². The van der Waals surface area contributed by atoms with Crippen molar-refractivity contribution in [2.24, 2.45) is 5.92 Å². The van der Waals surface area contributed by atoms with Crippen LogP contribution in [0.2, 0.25) is 0 Å². The van der Waals surface area contributed by atoms with Gasteiger partial charge in [0, 0.05) is 24.3 Å². The minimum Gasteiger partial charge on any atom is -0.481 e. The Morgan fingerprint density at radius 1 is 1.10 bits per heavy atom. The van der Waals surface area contributed by atoms with Crippen molar-refractivity contribution >= 4 is 17.5 Å². The number of nitrogens with one attached hydrogen (secondary N) is 1. The number of carbonyl (C=O) groups excluding carboxylic acids is 2. The van der Waals surface area contributed by atoms with E-state index in [4.69, 9.17) is 4.74 Å². The van der Waals surface area contributed by atoms with Crippen LogP contribution in [0.1, 0.15) is 48.2 Å². The van der Waals surface area contributed by atoms with E-state index in [1.54, 1.807) is 31.2 Å². The zero-order chi connectivity index (χ0) is 21.0. The Hall–Kier alpha value is -2.82. The first kappa shape index (κ1) is 20.9. The van der Waals surface area contributed by atoms with Gasteiger partial charge in [-0.25, -0.2) is 0 Å². The quantitative estimate of drug-likeness (QED) is 0.807. The number of ether oxygens (including phenoxy) is 1. The second-order valence-corrected chi connectivity index (χ2v) is 8.07. The number of hydrogen-bond acceptors (Lipinski definition) is 3. The van der Waals surface area contributed by atoms with Gasteiger partial charge in [-0.15, -0.1) is 0 Å². The zero-order valence-electron chi connectivity index (χ0n) is 17.7. The SMILES string of the molecule is Cc1ccc(C)c(OC(C)C(=O)Nc2cccc(C(=O)N3CCC(C)CC3)c2)c1. The van der Waals surface area contributed by atoms with Crippen molar-refractivity contribution in [2.45, 2.75) is 46.6 Å². The zero-order valence-corrected chi connectivity index (χ0v) is 17.7. The summed E-state index contributed by atoms with van der Waals surface area (Å²) in [5.41, 5.74) is 3.26. The van der Waals surface area contributed by atoms with Crippen molar-refractivity contribution in [3.05, 3.63) is 59.2 Å². The summed E-state index contributed by atoms with van der Waals surface area (Å²) in [5.74, 6) is 1.15. The molecular formula is C24H30N2O3. The van der Waals surface area contributed by atoms with Gasteiger partial charge in [-0.05, 0) is 74.9 Å². The molecule has 0 saturated carbocycles. The van der Waals surface area contributed by atoms with E-state index < -0.39 is 6.10 Å². The smallest absolute Gasteiger partial charge is 0.265 e. The molecule has 5 nitrogen and oxygen atoms in total. The van der Waals surface area contributed by atoms with Gasteiger partial charge in [0.25, 0.3) is 11.8 Å². The number of rotatable bonds is 5. The van der Waals surface area contributed by atoms with E-state index in [2.05, 4.69) is 12.2 Å². The van der Waals surface area contributed by atoms with Crippen molar-refractivity contribution in [1.82, 2.24) is 4.90 Å². The maximum atomic E-state index is 12.8. The Kier molecular flexibility index (Phi) is 6.57. The minimum absolute atomic E-state index is 0.0210. The number of piperidine rings is 1. The highest BCUT2D eigenvalue weighted by Gasteiger charge is 2.22. The van der Waals surface area contributed by atoms with Gasteiger partial charge >= 0.3 is 0 Å². The van der Waals surface area contributed by atoms with E-state index in [0.29, 0.717) is 22.9 Å². The van der Waals surface area contributed by atoms with Crippen molar-refractivity contribution in [2.75, 3.05) is 18.4 Å². The molecule has 0 bridgehead atoms. The highest BCUT2D eigenvalue weighted by molar-refractivity contribution is 5.98. The van der Waals surface area contributed by atoms with Crippen molar-refractivity contribution in [3.63, 3.8) is 0 Å². The monoisotopic (exact) mass is 394 g/mol. The van der Waals surface area contributed by atoms with Crippen LogP contribution in [0.3, 0.4) is 0 Å². The van der Waals surface area contributed by atoms with Crippen molar-refractivity contribution in [1.29, 1.82) is 0 Å². The maximum absolute atomic E-state index is 12.8. The van der Waals surface area contributed by atoms with Crippen LogP contribution >= 0.6 is 0 Å². The number of anilines is 1. The normalized spacial score (nSPS) is 15.7. The molecule has 154 valence electrons. The van der Waals surface area contributed by atoms with Crippen molar-refractivity contribution in [3.8, 4) is 5.75 Å². The first-order chi connectivity index (χ1) is 13.8. The Balaban J connectivity index is 1.64. The fraction of sp³-hybridized carbons (Fsp3) is 0.417. The van der Waals surface area contributed by atoms with Gasteiger partial charge in [0.05, 0.1) is 0 Å². The molecule has 1 atom stereocenters. The number of nitrogens with zero attached hydrogens (tertiary/aromatic N) is 1. The van der Waals surface area contributed by atoms with Gasteiger partial charge in [0.1, 0.15) is 5.75 Å². The molecule has 5 heteroatoms. The van der Waals surface area contributed by atoms with Crippen LogP contribution in [0, 0.1) is 19.8 Å². The van der Waals surface area contributed by atoms with Gasteiger partial charge in [0.2, 0.25) is 0 Å². The summed E-state index contributed by atoms with van der Waals surface area (Å²) in [7, 11) is 0. The van der Waals surface area contributed by atoms with Crippen LogP contribution in [0.4, 0.5) is 5.69 Å².